The van der Waals surface area contributed by atoms with Crippen LogP contribution < -0.4 is 28.4 Å². The smallest absolute Gasteiger partial charge is 0.189 e. The molecule has 0 fully saturated rings. The summed E-state index contributed by atoms with van der Waals surface area (Å²) in [6.07, 6.45) is 3.21. The maximum absolute atomic E-state index is 14.0. The van der Waals surface area contributed by atoms with E-state index in [1.54, 1.807) is 31.4 Å². The fraction of sp³-hybridized carbons (Fsp3) is 0.583. The Morgan fingerprint density at radius 2 is 0.953 bits per heavy atom. The van der Waals surface area contributed by atoms with Crippen LogP contribution in [0.5, 0.6) is 34.5 Å². The molecule has 7 nitrogen and oxygen atoms in total. The highest BCUT2D eigenvalue weighted by molar-refractivity contribution is 6.09. The summed E-state index contributed by atoms with van der Waals surface area (Å²) in [4.78, 5) is 14.0. The zero-order chi connectivity index (χ0) is 33.2. The van der Waals surface area contributed by atoms with E-state index in [4.69, 9.17) is 28.4 Å². The fourth-order valence-electron chi connectivity index (χ4n) is 3.95. The largest absolute Gasteiger partial charge is 0.493 e. The summed E-state index contributed by atoms with van der Waals surface area (Å²) >= 11 is 0. The van der Waals surface area contributed by atoms with Gasteiger partial charge in [-0.15, -0.1) is 0 Å². The highest BCUT2D eigenvalue weighted by atomic mass is 16.5. The van der Waals surface area contributed by atoms with E-state index in [-0.39, 0.29) is 5.78 Å². The second-order valence-electron chi connectivity index (χ2n) is 15.6. The fourth-order valence-corrected chi connectivity index (χ4v) is 3.95. The van der Waals surface area contributed by atoms with Crippen LogP contribution in [0.15, 0.2) is 30.3 Å². The average molecular weight is 599 g/mol. The number of allylic oxidation sites excluding steroid dienone is 1. The molecule has 240 valence electrons. The molecule has 0 unspecified atom stereocenters. The van der Waals surface area contributed by atoms with Crippen molar-refractivity contribution in [3.05, 3.63) is 41.5 Å². The monoisotopic (exact) mass is 598 g/mol. The molecular formula is C36H54O7. The molecule has 0 N–H and O–H groups in total. The highest BCUT2D eigenvalue weighted by Crippen LogP contribution is 2.42. The summed E-state index contributed by atoms with van der Waals surface area (Å²) in [6.45, 7) is 29.3. The molecule has 0 saturated heterocycles. The van der Waals surface area contributed by atoms with Crippen molar-refractivity contribution in [2.75, 3.05) is 7.11 Å². The van der Waals surface area contributed by atoms with Crippen LogP contribution >= 0.6 is 0 Å². The summed E-state index contributed by atoms with van der Waals surface area (Å²) in [5.41, 5.74) is -1.64. The van der Waals surface area contributed by atoms with E-state index < -0.39 is 28.0 Å². The Hall–Kier alpha value is -3.35. The zero-order valence-corrected chi connectivity index (χ0v) is 29.3. The molecule has 0 bridgehead atoms. The third-order valence-electron chi connectivity index (χ3n) is 5.07. The first-order valence-electron chi connectivity index (χ1n) is 14.8. The molecule has 2 aromatic rings. The van der Waals surface area contributed by atoms with Gasteiger partial charge in [0.05, 0.1) is 12.7 Å². The SMILES string of the molecule is COc1cc(OC(C)(C)C)cc(C=CC(=O)c2cc(OC(C)(C)C)cc(OC(C)(C)C)c2OC(C)(C)C)c1OC(C)(C)C. The Morgan fingerprint density at radius 3 is 1.40 bits per heavy atom. The van der Waals surface area contributed by atoms with Crippen molar-refractivity contribution in [1.29, 1.82) is 0 Å². The predicted octanol–water partition coefficient (Wildman–Crippen LogP) is 9.48. The van der Waals surface area contributed by atoms with Gasteiger partial charge in [0.2, 0.25) is 0 Å². The maximum Gasteiger partial charge on any atom is 0.189 e. The first-order valence-corrected chi connectivity index (χ1v) is 14.8. The average Bonchev–Trinajstić information content (AvgIpc) is 2.75. The number of hydrogen-bond donors (Lipinski definition) is 0. The lowest BCUT2D eigenvalue weighted by molar-refractivity contribution is 0.0884. The van der Waals surface area contributed by atoms with Crippen LogP contribution in [0.3, 0.4) is 0 Å². The van der Waals surface area contributed by atoms with Gasteiger partial charge >= 0.3 is 0 Å². The molecule has 0 aliphatic carbocycles. The highest BCUT2D eigenvalue weighted by Gasteiger charge is 2.28. The molecule has 43 heavy (non-hydrogen) atoms. The Bertz CT molecular complexity index is 1300. The van der Waals surface area contributed by atoms with E-state index in [0.717, 1.165) is 0 Å². The topological polar surface area (TPSA) is 72.5 Å². The molecule has 0 heterocycles. The standard InChI is InChI=1S/C36H54O7/c1-32(2,3)39-24-19-23(30(28(21-24)38-16)42-35(10,11)12)17-18-27(37)26-20-25(40-33(4,5)6)22-29(41-34(7,8)9)31(26)43-36(13,14)15/h17-22H,1-16H3. The molecule has 0 spiro atoms. The van der Waals surface area contributed by atoms with Crippen LogP contribution in [0.25, 0.3) is 6.08 Å². The van der Waals surface area contributed by atoms with E-state index in [2.05, 4.69) is 0 Å². The third kappa shape index (κ3) is 12.4. The van der Waals surface area contributed by atoms with Gasteiger partial charge in [-0.25, -0.2) is 0 Å². The quantitative estimate of drug-likeness (QED) is 0.210. The van der Waals surface area contributed by atoms with E-state index >= 15 is 0 Å². The van der Waals surface area contributed by atoms with E-state index in [1.165, 1.54) is 6.08 Å². The summed E-state index contributed by atoms with van der Waals surface area (Å²) in [5.74, 6) is 2.60. The molecule has 2 rings (SSSR count). The minimum absolute atomic E-state index is 0.291. The second kappa shape index (κ2) is 12.7. The minimum Gasteiger partial charge on any atom is -0.493 e. The summed E-state index contributed by atoms with van der Waals surface area (Å²) in [6, 6.07) is 7.13. The summed E-state index contributed by atoms with van der Waals surface area (Å²) < 4.78 is 37.0. The van der Waals surface area contributed by atoms with Gasteiger partial charge in [0, 0.05) is 17.7 Å². The molecule has 2 aromatic carbocycles. The van der Waals surface area contributed by atoms with Crippen molar-refractivity contribution in [2.24, 2.45) is 0 Å². The van der Waals surface area contributed by atoms with Crippen LogP contribution in [0, 0.1) is 0 Å². The second-order valence-corrected chi connectivity index (χ2v) is 15.6. The van der Waals surface area contributed by atoms with Crippen LogP contribution in [0.2, 0.25) is 0 Å². The van der Waals surface area contributed by atoms with Crippen molar-refractivity contribution in [3.63, 3.8) is 0 Å². The van der Waals surface area contributed by atoms with Crippen molar-refractivity contribution >= 4 is 11.9 Å². The molecule has 0 aromatic heterocycles. The molecule has 0 amide bonds. The van der Waals surface area contributed by atoms with E-state index in [0.29, 0.717) is 45.6 Å². The molecule has 7 heteroatoms. The van der Waals surface area contributed by atoms with Gasteiger partial charge in [0.25, 0.3) is 0 Å². The predicted molar refractivity (Wildman–Crippen MR) is 175 cm³/mol. The number of hydrogen-bond acceptors (Lipinski definition) is 7. The number of methoxy groups -OCH3 is 1. The number of ether oxygens (including phenoxy) is 6. The minimum atomic E-state index is -0.596. The molecule has 0 radical (unpaired) electrons. The van der Waals surface area contributed by atoms with Crippen molar-refractivity contribution in [1.82, 2.24) is 0 Å². The first-order chi connectivity index (χ1) is 19.3. The number of carbonyl (C=O) groups is 1. The van der Waals surface area contributed by atoms with Gasteiger partial charge in [-0.3, -0.25) is 4.79 Å². The van der Waals surface area contributed by atoms with Crippen LogP contribution in [-0.4, -0.2) is 40.9 Å². The number of rotatable bonds is 9. The number of benzene rings is 2. The van der Waals surface area contributed by atoms with Crippen molar-refractivity contribution in [2.45, 2.75) is 132 Å². The van der Waals surface area contributed by atoms with Crippen molar-refractivity contribution in [3.8, 4) is 34.5 Å². The Morgan fingerprint density at radius 1 is 0.535 bits per heavy atom. The third-order valence-corrected chi connectivity index (χ3v) is 5.07. The normalized spacial score (nSPS) is 13.1. The Balaban J connectivity index is 2.79. The van der Waals surface area contributed by atoms with Gasteiger partial charge in [-0.2, -0.15) is 0 Å². The zero-order valence-electron chi connectivity index (χ0n) is 29.3. The molecule has 0 atom stereocenters. The molecule has 0 aliphatic rings. The van der Waals surface area contributed by atoms with Crippen molar-refractivity contribution < 1.29 is 33.2 Å². The van der Waals surface area contributed by atoms with Gasteiger partial charge in [-0.1, -0.05) is 0 Å². The van der Waals surface area contributed by atoms with Crippen LogP contribution in [0.1, 0.15) is 120 Å². The lowest BCUT2D eigenvalue weighted by atomic mass is 10.0. The van der Waals surface area contributed by atoms with Crippen LogP contribution in [-0.2, 0) is 0 Å². The molecule has 0 aliphatic heterocycles. The van der Waals surface area contributed by atoms with Gasteiger partial charge in [0.1, 0.15) is 39.5 Å². The number of ketones is 1. The van der Waals surface area contributed by atoms with Gasteiger partial charge in [-0.05, 0) is 128 Å². The molecule has 0 saturated carbocycles. The van der Waals surface area contributed by atoms with E-state index in [9.17, 15) is 4.79 Å². The molecular weight excluding hydrogens is 544 g/mol. The first kappa shape index (κ1) is 35.8. The Kier molecular flexibility index (Phi) is 10.6. The number of carbonyl (C=O) groups excluding carboxylic acids is 1. The maximum atomic E-state index is 14.0. The summed E-state index contributed by atoms with van der Waals surface area (Å²) in [7, 11) is 1.58. The summed E-state index contributed by atoms with van der Waals surface area (Å²) in [5, 5.41) is 0. The lowest BCUT2D eigenvalue weighted by Gasteiger charge is -2.30. The van der Waals surface area contributed by atoms with E-state index in [1.807, 2.05) is 110 Å². The Labute approximate surface area is 259 Å². The van der Waals surface area contributed by atoms with Gasteiger partial charge < -0.3 is 28.4 Å². The van der Waals surface area contributed by atoms with Crippen LogP contribution in [0.4, 0.5) is 0 Å². The van der Waals surface area contributed by atoms with Gasteiger partial charge in [0.15, 0.2) is 28.8 Å². The lowest BCUT2D eigenvalue weighted by Crippen LogP contribution is -2.28.